The molecule has 0 bridgehead atoms. The van der Waals surface area contributed by atoms with E-state index in [2.05, 4.69) is 60.9 Å². The van der Waals surface area contributed by atoms with E-state index in [1.165, 1.54) is 16.9 Å². The lowest BCUT2D eigenvalue weighted by Crippen LogP contribution is -2.40. The summed E-state index contributed by atoms with van der Waals surface area (Å²) in [6, 6.07) is 28.3. The number of aryl methyl sites for hydroxylation is 1. The maximum atomic E-state index is 14.2. The summed E-state index contributed by atoms with van der Waals surface area (Å²) in [6.07, 6.45) is 3.66. The van der Waals surface area contributed by atoms with Crippen LogP contribution in [-0.2, 0) is 9.53 Å². The van der Waals surface area contributed by atoms with Crippen LogP contribution in [0, 0.1) is 13.8 Å². The highest BCUT2D eigenvalue weighted by Gasteiger charge is 2.33. The zero-order valence-electron chi connectivity index (χ0n) is 26.2. The van der Waals surface area contributed by atoms with E-state index in [1.807, 2.05) is 75.6 Å². The number of hydrogen-bond donors (Lipinski definition) is 0. The smallest absolute Gasteiger partial charge is 0.338 e. The summed E-state index contributed by atoms with van der Waals surface area (Å²) in [6.45, 7) is 9.60. The van der Waals surface area contributed by atoms with Crippen molar-refractivity contribution in [3.05, 3.63) is 138 Å². The third kappa shape index (κ3) is 5.88. The van der Waals surface area contributed by atoms with Crippen molar-refractivity contribution in [1.82, 2.24) is 9.13 Å². The molecule has 0 amide bonds. The monoisotopic (exact) mass is 633 g/mol. The average Bonchev–Trinajstić information content (AvgIpc) is 3.49. The number of allylic oxidation sites excluding steroid dienone is 1. The number of nitrogens with zero attached hydrogens (tertiary/aromatic N) is 3. The summed E-state index contributed by atoms with van der Waals surface area (Å²) in [5.41, 5.74) is 8.06. The summed E-state index contributed by atoms with van der Waals surface area (Å²) >= 11 is 2.98. The predicted molar refractivity (Wildman–Crippen MR) is 184 cm³/mol. The van der Waals surface area contributed by atoms with E-state index < -0.39 is 12.0 Å². The number of fused-ring (bicyclic) bond motifs is 1. The van der Waals surface area contributed by atoms with Crippen molar-refractivity contribution in [3.63, 3.8) is 0 Å². The molecule has 0 radical (unpaired) electrons. The maximum Gasteiger partial charge on any atom is 0.338 e. The Kier molecular flexibility index (Phi) is 8.53. The predicted octanol–water partition coefficient (Wildman–Crippen LogP) is 6.98. The highest BCUT2D eigenvalue weighted by atomic mass is 32.2. The summed E-state index contributed by atoms with van der Waals surface area (Å²) < 4.78 is 10.1. The number of ether oxygens (including phenoxy) is 1. The maximum absolute atomic E-state index is 14.2. The Morgan fingerprint density at radius 2 is 1.62 bits per heavy atom. The van der Waals surface area contributed by atoms with Crippen molar-refractivity contribution in [3.8, 4) is 16.8 Å². The lowest BCUT2D eigenvalue weighted by Gasteiger charge is -2.25. The molecule has 1 aliphatic rings. The molecule has 6 rings (SSSR count). The first kappa shape index (κ1) is 30.6. The van der Waals surface area contributed by atoms with E-state index in [4.69, 9.17) is 9.73 Å². The molecule has 0 spiro atoms. The first-order valence-corrected chi connectivity index (χ1v) is 16.9. The second-order valence-electron chi connectivity index (χ2n) is 11.4. The summed E-state index contributed by atoms with van der Waals surface area (Å²) in [7, 11) is 0. The van der Waals surface area contributed by atoms with Gasteiger partial charge in [-0.25, -0.2) is 9.79 Å². The van der Waals surface area contributed by atoms with Crippen LogP contribution >= 0.6 is 23.1 Å². The van der Waals surface area contributed by atoms with Crippen molar-refractivity contribution in [2.45, 2.75) is 51.7 Å². The molecule has 1 aliphatic heterocycles. The van der Waals surface area contributed by atoms with E-state index in [-0.39, 0.29) is 11.7 Å². The molecular weight excluding hydrogens is 599 g/mol. The quantitative estimate of drug-likeness (QED) is 0.143. The van der Waals surface area contributed by atoms with Gasteiger partial charge < -0.3 is 9.30 Å². The lowest BCUT2D eigenvalue weighted by molar-refractivity contribution is -0.143. The van der Waals surface area contributed by atoms with Crippen LogP contribution in [0.15, 0.2) is 111 Å². The molecule has 2 aromatic heterocycles. The van der Waals surface area contributed by atoms with Gasteiger partial charge in [0, 0.05) is 22.0 Å². The van der Waals surface area contributed by atoms with Gasteiger partial charge in [0.2, 0.25) is 0 Å². The van der Waals surface area contributed by atoms with Crippen molar-refractivity contribution in [2.24, 2.45) is 4.99 Å². The molecule has 0 N–H and O–H groups in total. The molecule has 5 aromatic rings. The van der Waals surface area contributed by atoms with Gasteiger partial charge in [0.25, 0.3) is 5.56 Å². The molecule has 3 aromatic carbocycles. The van der Waals surface area contributed by atoms with E-state index in [9.17, 15) is 9.59 Å². The first-order chi connectivity index (χ1) is 21.7. The first-order valence-electron chi connectivity index (χ1n) is 14.9. The molecule has 228 valence electrons. The number of carbonyl (C=O) groups excluding carboxylic acids is 1. The largest absolute Gasteiger partial charge is 0.459 e. The molecule has 0 saturated carbocycles. The van der Waals surface area contributed by atoms with Crippen molar-refractivity contribution in [2.75, 3.05) is 6.26 Å². The normalized spacial score (nSPS) is 14.9. The van der Waals surface area contributed by atoms with Crippen LogP contribution in [-0.4, -0.2) is 27.5 Å². The Labute approximate surface area is 271 Å². The van der Waals surface area contributed by atoms with Crippen LogP contribution in [0.5, 0.6) is 0 Å². The Bertz CT molecular complexity index is 2100. The number of esters is 1. The minimum Gasteiger partial charge on any atom is -0.459 e. The minimum atomic E-state index is -0.638. The second kappa shape index (κ2) is 12.5. The molecule has 0 fully saturated rings. The van der Waals surface area contributed by atoms with Crippen molar-refractivity contribution >= 4 is 35.1 Å². The third-order valence-corrected chi connectivity index (χ3v) is 9.73. The zero-order chi connectivity index (χ0) is 31.8. The molecule has 0 saturated heterocycles. The minimum absolute atomic E-state index is 0.183. The molecule has 0 aliphatic carbocycles. The van der Waals surface area contributed by atoms with Gasteiger partial charge in [-0.15, -0.1) is 11.8 Å². The number of thioether (sulfide) groups is 1. The lowest BCUT2D eigenvalue weighted by atomic mass is 9.96. The molecule has 6 nitrogen and oxygen atoms in total. The summed E-state index contributed by atoms with van der Waals surface area (Å²) in [4.78, 5) is 34.0. The van der Waals surface area contributed by atoms with Gasteiger partial charge in [0.05, 0.1) is 27.9 Å². The Morgan fingerprint density at radius 3 is 2.27 bits per heavy atom. The number of rotatable bonds is 7. The summed E-state index contributed by atoms with van der Waals surface area (Å²) in [5.74, 6) is -0.457. The Morgan fingerprint density at radius 1 is 0.956 bits per heavy atom. The van der Waals surface area contributed by atoms with Gasteiger partial charge in [-0.3, -0.25) is 9.36 Å². The van der Waals surface area contributed by atoms with Crippen LogP contribution < -0.4 is 14.9 Å². The van der Waals surface area contributed by atoms with Crippen molar-refractivity contribution in [1.29, 1.82) is 0 Å². The molecule has 45 heavy (non-hydrogen) atoms. The number of benzene rings is 3. The number of carbonyl (C=O) groups is 1. The van der Waals surface area contributed by atoms with Crippen LogP contribution in [0.25, 0.3) is 22.9 Å². The Balaban J connectivity index is 1.44. The summed E-state index contributed by atoms with van der Waals surface area (Å²) in [5, 5.41) is 0. The topological polar surface area (TPSA) is 65.6 Å². The van der Waals surface area contributed by atoms with Crippen molar-refractivity contribution < 1.29 is 9.53 Å². The molecule has 1 atom stereocenters. The van der Waals surface area contributed by atoms with Crippen LogP contribution in [0.4, 0.5) is 0 Å². The number of hydrogen-bond acceptors (Lipinski definition) is 6. The average molecular weight is 634 g/mol. The molecular formula is C37H35N3O3S2. The standard InChI is InChI=1S/C37H35N3O3S2/c1-22(2)43-36(42)33-24(4)38-37-40(34(33)28-14-18-31(44-6)19-15-28)35(41)32(45-37)21-29-20-23(3)39(25(29)5)30-16-12-27(13-17-30)26-10-8-7-9-11-26/h7-22,34H,1-6H3/b32-21-/t34-/m0/s1. The second-order valence-corrected chi connectivity index (χ2v) is 13.3. The fourth-order valence-electron chi connectivity index (χ4n) is 5.87. The SMILES string of the molecule is CSc1ccc([C@H]2C(C(=O)OC(C)C)=C(C)N=c3s/c(=C\c4cc(C)n(-c5ccc(-c6ccccc6)cc5)c4C)c(=O)n32)cc1. The fraction of sp³-hybridized carbons (Fsp3) is 0.216. The fourth-order valence-corrected chi connectivity index (χ4v) is 7.31. The van der Waals surface area contributed by atoms with E-state index in [0.29, 0.717) is 20.6 Å². The number of aromatic nitrogens is 2. The van der Waals surface area contributed by atoms with Gasteiger partial charge in [0.1, 0.15) is 0 Å². The highest BCUT2D eigenvalue weighted by molar-refractivity contribution is 7.98. The van der Waals surface area contributed by atoms with Gasteiger partial charge in [0.15, 0.2) is 4.80 Å². The zero-order valence-corrected chi connectivity index (χ0v) is 27.8. The Hall–Kier alpha value is -4.40. The van der Waals surface area contributed by atoms with E-state index >= 15 is 0 Å². The van der Waals surface area contributed by atoms with Crippen LogP contribution in [0.2, 0.25) is 0 Å². The molecule has 0 unspecified atom stereocenters. The molecule has 8 heteroatoms. The third-order valence-electron chi connectivity index (χ3n) is 8.01. The van der Waals surface area contributed by atoms with Gasteiger partial charge >= 0.3 is 5.97 Å². The van der Waals surface area contributed by atoms with Gasteiger partial charge in [-0.05, 0) is 99.5 Å². The highest BCUT2D eigenvalue weighted by Crippen LogP contribution is 2.32. The van der Waals surface area contributed by atoms with Gasteiger partial charge in [-0.1, -0.05) is 65.9 Å². The van der Waals surface area contributed by atoms with E-state index in [0.717, 1.165) is 38.7 Å². The van der Waals surface area contributed by atoms with Crippen LogP contribution in [0.3, 0.4) is 0 Å². The van der Waals surface area contributed by atoms with Crippen LogP contribution in [0.1, 0.15) is 49.3 Å². The van der Waals surface area contributed by atoms with Gasteiger partial charge in [-0.2, -0.15) is 0 Å². The number of thiazole rings is 1. The molecule has 3 heterocycles. The van der Waals surface area contributed by atoms with E-state index in [1.54, 1.807) is 16.3 Å².